The number of nitrogens with zero attached hydrogens (tertiary/aromatic N) is 2. The molecule has 6 heteroatoms. The second-order valence-electron chi connectivity index (χ2n) is 6.91. The largest absolute Gasteiger partial charge is 0.337 e. The van der Waals surface area contributed by atoms with E-state index in [9.17, 15) is 13.6 Å². The fourth-order valence-corrected chi connectivity index (χ4v) is 3.20. The molecule has 4 nitrogen and oxygen atoms in total. The van der Waals surface area contributed by atoms with Crippen LogP contribution in [0.1, 0.15) is 31.2 Å². The van der Waals surface area contributed by atoms with Crippen molar-refractivity contribution in [3.63, 3.8) is 0 Å². The highest BCUT2D eigenvalue weighted by Crippen LogP contribution is 2.18. The van der Waals surface area contributed by atoms with E-state index in [4.69, 9.17) is 0 Å². The lowest BCUT2D eigenvalue weighted by Crippen LogP contribution is -2.44. The molecular weight excluding hydrogens is 312 g/mol. The summed E-state index contributed by atoms with van der Waals surface area (Å²) in [6.45, 7) is 5.14. The van der Waals surface area contributed by atoms with Crippen LogP contribution in [0.4, 0.5) is 13.6 Å². The highest BCUT2D eigenvalue weighted by atomic mass is 19.2. The van der Waals surface area contributed by atoms with Crippen molar-refractivity contribution in [2.45, 2.75) is 25.7 Å². The lowest BCUT2D eigenvalue weighted by Gasteiger charge is -2.32. The molecule has 134 valence electrons. The van der Waals surface area contributed by atoms with Crippen LogP contribution in [0.2, 0.25) is 0 Å². The summed E-state index contributed by atoms with van der Waals surface area (Å²) in [5.74, 6) is -1.29. The molecule has 1 N–H and O–H groups in total. The quantitative estimate of drug-likeness (QED) is 0.895. The lowest BCUT2D eigenvalue weighted by atomic mass is 9.98. The summed E-state index contributed by atoms with van der Waals surface area (Å²) < 4.78 is 26.3. The summed E-state index contributed by atoms with van der Waals surface area (Å²) in [7, 11) is 3.90. The van der Waals surface area contributed by atoms with E-state index in [-0.39, 0.29) is 11.9 Å². The lowest BCUT2D eigenvalue weighted by molar-refractivity contribution is 0.163. The van der Waals surface area contributed by atoms with Crippen LogP contribution >= 0.6 is 0 Å². The monoisotopic (exact) mass is 339 g/mol. The van der Waals surface area contributed by atoms with Crippen LogP contribution in [0, 0.1) is 17.6 Å². The smallest absolute Gasteiger partial charge is 0.317 e. The van der Waals surface area contributed by atoms with Gasteiger partial charge in [-0.3, -0.25) is 0 Å². The van der Waals surface area contributed by atoms with Gasteiger partial charge in [-0.2, -0.15) is 0 Å². The van der Waals surface area contributed by atoms with Crippen LogP contribution in [0.3, 0.4) is 0 Å². The van der Waals surface area contributed by atoms with Crippen molar-refractivity contribution in [1.82, 2.24) is 15.1 Å². The van der Waals surface area contributed by atoms with Crippen LogP contribution in [-0.2, 0) is 0 Å². The molecule has 24 heavy (non-hydrogen) atoms. The highest BCUT2D eigenvalue weighted by molar-refractivity contribution is 5.73. The van der Waals surface area contributed by atoms with Gasteiger partial charge in [-0.05, 0) is 56.0 Å². The van der Waals surface area contributed by atoms with Crippen molar-refractivity contribution < 1.29 is 13.6 Å². The molecule has 0 spiro atoms. The topological polar surface area (TPSA) is 35.6 Å². The highest BCUT2D eigenvalue weighted by Gasteiger charge is 2.21. The fraction of sp³-hybridized carbons (Fsp3) is 0.611. The molecule has 1 fully saturated rings. The predicted molar refractivity (Wildman–Crippen MR) is 91.0 cm³/mol. The second-order valence-corrected chi connectivity index (χ2v) is 6.91. The van der Waals surface area contributed by atoms with Crippen molar-refractivity contribution >= 4 is 6.03 Å². The Morgan fingerprint density at radius 1 is 1.42 bits per heavy atom. The first kappa shape index (κ1) is 18.6. The number of halogens is 2. The maximum absolute atomic E-state index is 13.3. The van der Waals surface area contributed by atoms with Gasteiger partial charge in [0.2, 0.25) is 0 Å². The zero-order chi connectivity index (χ0) is 17.7. The van der Waals surface area contributed by atoms with Crippen molar-refractivity contribution in [1.29, 1.82) is 0 Å². The third-order valence-corrected chi connectivity index (χ3v) is 4.67. The number of nitrogens with one attached hydrogen (secondary N) is 1. The van der Waals surface area contributed by atoms with Gasteiger partial charge in [-0.1, -0.05) is 13.0 Å². The Morgan fingerprint density at radius 2 is 2.17 bits per heavy atom. The normalized spacial score (nSPS) is 19.8. The number of hydrogen-bond donors (Lipinski definition) is 1. The number of likely N-dealkylation sites (tertiary alicyclic amines) is 1. The third-order valence-electron chi connectivity index (χ3n) is 4.67. The zero-order valence-electron chi connectivity index (χ0n) is 14.7. The van der Waals surface area contributed by atoms with Gasteiger partial charge in [0.1, 0.15) is 0 Å². The summed E-state index contributed by atoms with van der Waals surface area (Å²) in [5.41, 5.74) is 0.672. The molecular formula is C18H27F2N3O. The Labute approximate surface area is 142 Å². The third kappa shape index (κ3) is 5.16. The fourth-order valence-electron chi connectivity index (χ4n) is 3.20. The molecule has 0 bridgehead atoms. The van der Waals surface area contributed by atoms with Crippen molar-refractivity contribution in [3.8, 4) is 0 Å². The van der Waals surface area contributed by atoms with Crippen LogP contribution in [-0.4, -0.2) is 56.1 Å². The molecule has 1 saturated heterocycles. The van der Waals surface area contributed by atoms with Crippen LogP contribution in [0.5, 0.6) is 0 Å². The minimum atomic E-state index is -0.857. The SMILES string of the molecule is C[C@@H](CNC(=O)N(C)C[C@H]1CCCN(C)C1)c1ccc(F)c(F)c1. The van der Waals surface area contributed by atoms with Gasteiger partial charge < -0.3 is 15.1 Å². The summed E-state index contributed by atoms with van der Waals surface area (Å²) in [5, 5.41) is 2.87. The first-order valence-corrected chi connectivity index (χ1v) is 8.49. The maximum Gasteiger partial charge on any atom is 0.317 e. The standard InChI is InChI=1S/C18H27F2N3O/c1-13(15-6-7-16(19)17(20)9-15)10-21-18(24)23(3)12-14-5-4-8-22(2)11-14/h6-7,9,13-14H,4-5,8,10-12H2,1-3H3,(H,21,24)/t13-,14-/m0/s1. The number of carbonyl (C=O) groups is 1. The molecule has 1 aromatic carbocycles. The molecule has 0 aromatic heterocycles. The number of urea groups is 1. The Morgan fingerprint density at radius 3 is 2.83 bits per heavy atom. The van der Waals surface area contributed by atoms with E-state index in [1.807, 2.05) is 6.92 Å². The Balaban J connectivity index is 1.79. The number of rotatable bonds is 5. The molecule has 2 rings (SSSR count). The molecule has 0 aliphatic carbocycles. The summed E-state index contributed by atoms with van der Waals surface area (Å²) >= 11 is 0. The molecule has 2 atom stereocenters. The minimum Gasteiger partial charge on any atom is -0.337 e. The first-order valence-electron chi connectivity index (χ1n) is 8.49. The predicted octanol–water partition coefficient (Wildman–Crippen LogP) is 3.05. The summed E-state index contributed by atoms with van der Waals surface area (Å²) in [6, 6.07) is 3.73. The Kier molecular flexibility index (Phi) is 6.54. The van der Waals surface area contributed by atoms with E-state index in [2.05, 4.69) is 17.3 Å². The molecule has 1 aromatic rings. The van der Waals surface area contributed by atoms with E-state index >= 15 is 0 Å². The maximum atomic E-state index is 13.3. The van der Waals surface area contributed by atoms with Gasteiger partial charge in [0.05, 0.1) is 0 Å². The number of carbonyl (C=O) groups excluding carboxylic acids is 1. The van der Waals surface area contributed by atoms with Gasteiger partial charge in [0, 0.05) is 26.7 Å². The zero-order valence-corrected chi connectivity index (χ0v) is 14.7. The molecule has 0 unspecified atom stereocenters. The van der Waals surface area contributed by atoms with Crippen LogP contribution in [0.25, 0.3) is 0 Å². The summed E-state index contributed by atoms with van der Waals surface area (Å²) in [6.07, 6.45) is 2.32. The van der Waals surface area contributed by atoms with Gasteiger partial charge in [0.15, 0.2) is 11.6 Å². The molecule has 1 aliphatic rings. The van der Waals surface area contributed by atoms with E-state index in [0.29, 0.717) is 18.0 Å². The van der Waals surface area contributed by atoms with E-state index in [1.165, 1.54) is 12.5 Å². The summed E-state index contributed by atoms with van der Waals surface area (Å²) in [4.78, 5) is 16.2. The van der Waals surface area contributed by atoms with Gasteiger partial charge in [0.25, 0.3) is 0 Å². The van der Waals surface area contributed by atoms with Gasteiger partial charge >= 0.3 is 6.03 Å². The van der Waals surface area contributed by atoms with E-state index in [0.717, 1.165) is 32.1 Å². The van der Waals surface area contributed by atoms with Gasteiger partial charge in [-0.15, -0.1) is 0 Å². The molecule has 0 radical (unpaired) electrons. The van der Waals surface area contributed by atoms with E-state index in [1.54, 1.807) is 18.0 Å². The Bertz CT molecular complexity index is 567. The van der Waals surface area contributed by atoms with Crippen molar-refractivity contribution in [2.24, 2.45) is 5.92 Å². The van der Waals surface area contributed by atoms with Crippen LogP contribution in [0.15, 0.2) is 18.2 Å². The number of hydrogen-bond acceptors (Lipinski definition) is 2. The molecule has 1 aliphatic heterocycles. The van der Waals surface area contributed by atoms with Crippen molar-refractivity contribution in [2.75, 3.05) is 40.3 Å². The van der Waals surface area contributed by atoms with Crippen molar-refractivity contribution in [3.05, 3.63) is 35.4 Å². The second kappa shape index (κ2) is 8.42. The van der Waals surface area contributed by atoms with Gasteiger partial charge in [-0.25, -0.2) is 13.6 Å². The Hall–Kier alpha value is -1.69. The number of amides is 2. The minimum absolute atomic E-state index is 0.0849. The number of benzene rings is 1. The molecule has 2 amide bonds. The average Bonchev–Trinajstić information content (AvgIpc) is 2.54. The first-order chi connectivity index (χ1) is 11.4. The molecule has 1 heterocycles. The molecule has 0 saturated carbocycles. The van der Waals surface area contributed by atoms with E-state index < -0.39 is 11.6 Å². The average molecular weight is 339 g/mol. The van der Waals surface area contributed by atoms with Crippen LogP contribution < -0.4 is 5.32 Å². The number of piperidine rings is 1.